The number of nitrogens with zero attached hydrogens (tertiary/aromatic N) is 1. The predicted molar refractivity (Wildman–Crippen MR) is 105 cm³/mol. The van der Waals surface area contributed by atoms with E-state index in [0.717, 1.165) is 51.4 Å². The van der Waals surface area contributed by atoms with E-state index in [-0.39, 0.29) is 11.2 Å². The lowest BCUT2D eigenvalue weighted by Gasteiger charge is -2.60. The Hall–Kier alpha value is -1.10. The van der Waals surface area contributed by atoms with Crippen LogP contribution in [0.5, 0.6) is 5.75 Å². The summed E-state index contributed by atoms with van der Waals surface area (Å²) in [5, 5.41) is 0. The Morgan fingerprint density at radius 2 is 2.07 bits per heavy atom. The molecule has 1 aromatic rings. The molecule has 4 nitrogen and oxygen atoms in total. The van der Waals surface area contributed by atoms with E-state index in [1.807, 2.05) is 0 Å². The van der Waals surface area contributed by atoms with E-state index in [2.05, 4.69) is 37.1 Å². The van der Waals surface area contributed by atoms with Crippen LogP contribution in [0.2, 0.25) is 0 Å². The van der Waals surface area contributed by atoms with Crippen molar-refractivity contribution >= 4 is 0 Å². The molecule has 1 saturated carbocycles. The molecule has 0 unspecified atom stereocenters. The molecule has 148 valence electrons. The van der Waals surface area contributed by atoms with E-state index in [1.54, 1.807) is 0 Å². The molecule has 1 spiro atoms. The number of ether oxygens (including phenoxy) is 3. The third kappa shape index (κ3) is 2.83. The number of hydrogen-bond donors (Lipinski definition) is 0. The maximum Gasteiger partial charge on any atom is 0.169 e. The van der Waals surface area contributed by atoms with Crippen molar-refractivity contribution in [1.29, 1.82) is 0 Å². The molecule has 2 aliphatic carbocycles. The minimum Gasteiger partial charge on any atom is -0.494 e. The predicted octanol–water partition coefficient (Wildman–Crippen LogP) is 3.91. The minimum absolute atomic E-state index is 0.178. The highest BCUT2D eigenvalue weighted by Gasteiger charge is 2.60. The zero-order chi connectivity index (χ0) is 18.5. The lowest BCUT2D eigenvalue weighted by Crippen LogP contribution is -2.63. The molecule has 3 fully saturated rings. The van der Waals surface area contributed by atoms with Gasteiger partial charge in [0.1, 0.15) is 5.75 Å². The molecule has 27 heavy (non-hydrogen) atoms. The fourth-order valence-corrected chi connectivity index (χ4v) is 6.35. The Bertz CT molecular complexity index is 699. The lowest BCUT2D eigenvalue weighted by molar-refractivity contribution is -0.212. The molecule has 0 radical (unpaired) electrons. The fourth-order valence-electron chi connectivity index (χ4n) is 6.35. The molecule has 4 aliphatic rings. The Morgan fingerprint density at radius 3 is 2.89 bits per heavy atom. The highest BCUT2D eigenvalue weighted by Crippen LogP contribution is 2.59. The molecule has 5 rings (SSSR count). The number of benzene rings is 1. The SMILES string of the molecule is CCCCOc1ccc2c(c1)[C@]13CCN(C)[C@H](C2)[C@@H]1CCC1(C3)OCCO1. The van der Waals surface area contributed by atoms with E-state index in [4.69, 9.17) is 14.2 Å². The van der Waals surface area contributed by atoms with Crippen molar-refractivity contribution in [3.63, 3.8) is 0 Å². The summed E-state index contributed by atoms with van der Waals surface area (Å²) in [6.07, 6.45) is 7.92. The smallest absolute Gasteiger partial charge is 0.169 e. The summed E-state index contributed by atoms with van der Waals surface area (Å²) in [6, 6.07) is 7.53. The maximum absolute atomic E-state index is 6.20. The Kier molecular flexibility index (Phi) is 4.49. The van der Waals surface area contributed by atoms with Gasteiger partial charge in [0.2, 0.25) is 0 Å². The van der Waals surface area contributed by atoms with Crippen molar-refractivity contribution in [3.05, 3.63) is 29.3 Å². The molecular weight excluding hydrogens is 338 g/mol. The summed E-state index contributed by atoms with van der Waals surface area (Å²) in [5.41, 5.74) is 3.22. The second-order valence-corrected chi connectivity index (χ2v) is 9.11. The van der Waals surface area contributed by atoms with Gasteiger partial charge in [-0.3, -0.25) is 0 Å². The number of likely N-dealkylation sites (tertiary alicyclic amines) is 1. The quantitative estimate of drug-likeness (QED) is 0.751. The van der Waals surface area contributed by atoms with Gasteiger partial charge in [0, 0.05) is 24.3 Å². The zero-order valence-corrected chi connectivity index (χ0v) is 16.8. The molecule has 1 aromatic carbocycles. The van der Waals surface area contributed by atoms with E-state index < -0.39 is 0 Å². The molecule has 3 atom stereocenters. The van der Waals surface area contributed by atoms with E-state index in [1.165, 1.54) is 36.8 Å². The average molecular weight is 372 g/mol. The van der Waals surface area contributed by atoms with Gasteiger partial charge in [-0.05, 0) is 68.5 Å². The van der Waals surface area contributed by atoms with Crippen LogP contribution < -0.4 is 4.74 Å². The molecular formula is C23H33NO3. The third-order valence-electron chi connectivity index (χ3n) is 7.70. The van der Waals surface area contributed by atoms with Crippen molar-refractivity contribution in [2.24, 2.45) is 5.92 Å². The van der Waals surface area contributed by atoms with Gasteiger partial charge in [-0.1, -0.05) is 19.4 Å². The van der Waals surface area contributed by atoms with Crippen LogP contribution in [0, 0.1) is 5.92 Å². The fraction of sp³-hybridized carbons (Fsp3) is 0.739. The normalized spacial score (nSPS) is 34.3. The summed E-state index contributed by atoms with van der Waals surface area (Å²) < 4.78 is 18.5. The van der Waals surface area contributed by atoms with Crippen LogP contribution >= 0.6 is 0 Å². The molecule has 0 N–H and O–H groups in total. The second-order valence-electron chi connectivity index (χ2n) is 9.11. The summed E-state index contributed by atoms with van der Waals surface area (Å²) in [7, 11) is 2.31. The van der Waals surface area contributed by atoms with Gasteiger partial charge in [-0.15, -0.1) is 0 Å². The van der Waals surface area contributed by atoms with Crippen LogP contribution in [0.25, 0.3) is 0 Å². The second kappa shape index (κ2) is 6.75. The largest absolute Gasteiger partial charge is 0.494 e. The lowest BCUT2D eigenvalue weighted by atomic mass is 9.51. The maximum atomic E-state index is 6.20. The topological polar surface area (TPSA) is 30.9 Å². The van der Waals surface area contributed by atoms with Crippen LogP contribution in [-0.2, 0) is 21.3 Å². The van der Waals surface area contributed by atoms with Gasteiger partial charge < -0.3 is 19.1 Å². The van der Waals surface area contributed by atoms with Crippen molar-refractivity contribution in [2.75, 3.05) is 33.4 Å². The van der Waals surface area contributed by atoms with Crippen LogP contribution in [0.15, 0.2) is 18.2 Å². The first-order valence-electron chi connectivity index (χ1n) is 10.9. The van der Waals surface area contributed by atoms with Gasteiger partial charge in [0.15, 0.2) is 5.79 Å². The monoisotopic (exact) mass is 371 g/mol. The minimum atomic E-state index is -0.343. The number of piperidine rings is 1. The molecule has 2 aliphatic heterocycles. The number of hydrogen-bond acceptors (Lipinski definition) is 4. The molecule has 0 amide bonds. The first kappa shape index (κ1) is 18.0. The summed E-state index contributed by atoms with van der Waals surface area (Å²) in [6.45, 7) is 5.68. The molecule has 2 bridgehead atoms. The van der Waals surface area contributed by atoms with Crippen molar-refractivity contribution in [2.45, 2.75) is 69.1 Å². The zero-order valence-electron chi connectivity index (χ0n) is 16.8. The highest BCUT2D eigenvalue weighted by atomic mass is 16.7. The number of likely N-dealkylation sites (N-methyl/N-ethyl adjacent to an activating group) is 1. The first-order valence-corrected chi connectivity index (χ1v) is 10.9. The van der Waals surface area contributed by atoms with E-state index in [0.29, 0.717) is 12.0 Å². The van der Waals surface area contributed by atoms with Crippen molar-refractivity contribution < 1.29 is 14.2 Å². The van der Waals surface area contributed by atoms with Crippen molar-refractivity contribution in [3.8, 4) is 5.75 Å². The Morgan fingerprint density at radius 1 is 1.22 bits per heavy atom. The summed E-state index contributed by atoms with van der Waals surface area (Å²) in [5.74, 6) is 1.40. The van der Waals surface area contributed by atoms with Crippen LogP contribution in [0.1, 0.15) is 56.6 Å². The van der Waals surface area contributed by atoms with Gasteiger partial charge in [0.05, 0.1) is 19.8 Å². The van der Waals surface area contributed by atoms with Crippen LogP contribution in [-0.4, -0.2) is 50.1 Å². The van der Waals surface area contributed by atoms with E-state index in [9.17, 15) is 0 Å². The molecule has 2 heterocycles. The Labute approximate surface area is 163 Å². The third-order valence-corrected chi connectivity index (χ3v) is 7.70. The first-order chi connectivity index (χ1) is 13.2. The van der Waals surface area contributed by atoms with Crippen molar-refractivity contribution in [1.82, 2.24) is 4.90 Å². The summed E-state index contributed by atoms with van der Waals surface area (Å²) >= 11 is 0. The summed E-state index contributed by atoms with van der Waals surface area (Å²) in [4.78, 5) is 2.60. The van der Waals surface area contributed by atoms with Crippen LogP contribution in [0.3, 0.4) is 0 Å². The van der Waals surface area contributed by atoms with Gasteiger partial charge >= 0.3 is 0 Å². The number of unbranched alkanes of at least 4 members (excludes halogenated alkanes) is 1. The van der Waals surface area contributed by atoms with Gasteiger partial charge in [-0.2, -0.15) is 0 Å². The molecule has 4 heteroatoms. The number of fused-ring (bicyclic) bond motifs is 1. The van der Waals surface area contributed by atoms with Gasteiger partial charge in [-0.25, -0.2) is 0 Å². The average Bonchev–Trinajstić information content (AvgIpc) is 3.12. The molecule has 2 saturated heterocycles. The van der Waals surface area contributed by atoms with Gasteiger partial charge in [0.25, 0.3) is 0 Å². The molecule has 0 aromatic heterocycles. The van der Waals surface area contributed by atoms with E-state index >= 15 is 0 Å². The Balaban J connectivity index is 1.54. The number of rotatable bonds is 4. The highest BCUT2D eigenvalue weighted by molar-refractivity contribution is 5.46. The standard InChI is InChI=1S/C23H33NO3/c1-3-4-11-25-18-6-5-17-14-21-19-7-8-23(26-12-13-27-23)16-22(19,20(17)15-18)9-10-24(21)2/h5-6,15,19,21H,3-4,7-14,16H2,1-2H3/t19-,21+,22-/m0/s1. The van der Waals surface area contributed by atoms with Crippen LogP contribution in [0.4, 0.5) is 0 Å².